The monoisotopic (exact) mass is 374 g/mol. The van der Waals surface area contributed by atoms with Gasteiger partial charge < -0.3 is 0 Å². The number of benzene rings is 2. The summed E-state index contributed by atoms with van der Waals surface area (Å²) in [6.45, 7) is 2.42. The van der Waals surface area contributed by atoms with Crippen LogP contribution in [0.15, 0.2) is 59.9 Å². The van der Waals surface area contributed by atoms with Gasteiger partial charge in [0.1, 0.15) is 12.4 Å². The fourth-order valence-electron chi connectivity index (χ4n) is 3.42. The van der Waals surface area contributed by atoms with E-state index in [9.17, 15) is 0 Å². The molecule has 0 saturated heterocycles. The molecule has 6 nitrogen and oxygen atoms in total. The maximum Gasteiger partial charge on any atom is 0.159 e. The summed E-state index contributed by atoms with van der Waals surface area (Å²) in [5.41, 5.74) is 6.07. The molecule has 0 unspecified atom stereocenters. The van der Waals surface area contributed by atoms with Crippen LogP contribution in [0.2, 0.25) is 5.02 Å². The number of aromatic nitrogens is 5. The summed E-state index contributed by atoms with van der Waals surface area (Å²) in [5, 5.41) is 16.2. The molecule has 2 aromatic carbocycles. The first-order chi connectivity index (χ1) is 13.2. The zero-order valence-corrected chi connectivity index (χ0v) is 15.3. The van der Waals surface area contributed by atoms with Gasteiger partial charge in [-0.1, -0.05) is 29.8 Å². The van der Waals surface area contributed by atoms with Crippen molar-refractivity contribution in [3.05, 3.63) is 82.7 Å². The average Bonchev–Trinajstić information content (AvgIpc) is 3.30. The van der Waals surface area contributed by atoms with Gasteiger partial charge in [0, 0.05) is 27.9 Å². The highest BCUT2D eigenvalue weighted by atomic mass is 35.5. The Hall–Kier alpha value is -3.25. The number of rotatable bonds is 2. The largest absolute Gasteiger partial charge is 0.285 e. The van der Waals surface area contributed by atoms with Gasteiger partial charge in [-0.05, 0) is 36.8 Å². The molecule has 1 aliphatic rings. The Balaban J connectivity index is 1.76. The summed E-state index contributed by atoms with van der Waals surface area (Å²) in [7, 11) is 0. The number of hydrogen-bond donors (Lipinski definition) is 1. The predicted octanol–water partition coefficient (Wildman–Crippen LogP) is 3.97. The minimum Gasteiger partial charge on any atom is -0.285 e. The standard InChI is InChI=1S/C20H15ClN6/c1-12-25-26-19-11-22-20(13-2-5-16(21)6-3-13)17-8-14(15-9-23-24-10-15)4-7-18(17)27(12)19/h2-10H,11H2,1H3,(H,23,24). The summed E-state index contributed by atoms with van der Waals surface area (Å²) < 4.78 is 2.07. The molecule has 0 saturated carbocycles. The number of nitrogens with one attached hydrogen (secondary N) is 1. The first-order valence-corrected chi connectivity index (χ1v) is 8.94. The van der Waals surface area contributed by atoms with Gasteiger partial charge in [-0.2, -0.15) is 5.10 Å². The smallest absolute Gasteiger partial charge is 0.159 e. The SMILES string of the molecule is Cc1nnc2n1-c1ccc(-c3cn[nH]c3)cc1C(c1ccc(Cl)cc1)=NC2. The predicted molar refractivity (Wildman–Crippen MR) is 104 cm³/mol. The van der Waals surface area contributed by atoms with Crippen LogP contribution in [-0.4, -0.2) is 30.7 Å². The first kappa shape index (κ1) is 16.0. The lowest BCUT2D eigenvalue weighted by Crippen LogP contribution is -2.08. The first-order valence-electron chi connectivity index (χ1n) is 8.56. The maximum atomic E-state index is 6.08. The number of nitrogens with zero attached hydrogens (tertiary/aromatic N) is 5. The quantitative estimate of drug-likeness (QED) is 0.577. The lowest BCUT2D eigenvalue weighted by atomic mass is 9.96. The molecule has 5 rings (SSSR count). The van der Waals surface area contributed by atoms with Crippen molar-refractivity contribution in [1.82, 2.24) is 25.0 Å². The molecule has 0 aliphatic carbocycles. The molecule has 27 heavy (non-hydrogen) atoms. The molecule has 0 bridgehead atoms. The topological polar surface area (TPSA) is 71.8 Å². The van der Waals surface area contributed by atoms with E-state index in [0.717, 1.165) is 45.3 Å². The minimum absolute atomic E-state index is 0.467. The lowest BCUT2D eigenvalue weighted by Gasteiger charge is -2.14. The molecule has 0 amide bonds. The molecule has 0 spiro atoms. The van der Waals surface area contributed by atoms with E-state index in [-0.39, 0.29) is 0 Å². The van der Waals surface area contributed by atoms with Crippen LogP contribution in [0.25, 0.3) is 16.8 Å². The van der Waals surface area contributed by atoms with Gasteiger partial charge in [-0.15, -0.1) is 10.2 Å². The van der Waals surface area contributed by atoms with E-state index in [0.29, 0.717) is 11.6 Å². The Morgan fingerprint density at radius 1 is 1.00 bits per heavy atom. The van der Waals surface area contributed by atoms with Gasteiger partial charge in [0.15, 0.2) is 5.82 Å². The summed E-state index contributed by atoms with van der Waals surface area (Å²) in [4.78, 5) is 4.87. The Morgan fingerprint density at radius 2 is 1.81 bits per heavy atom. The molecular weight excluding hydrogens is 360 g/mol. The van der Waals surface area contributed by atoms with Gasteiger partial charge in [0.05, 0.1) is 17.6 Å². The lowest BCUT2D eigenvalue weighted by molar-refractivity contribution is 0.862. The number of aliphatic imine (C=N–C) groups is 1. The number of aryl methyl sites for hydroxylation is 1. The van der Waals surface area contributed by atoms with Gasteiger partial charge in [-0.3, -0.25) is 14.7 Å². The number of aromatic amines is 1. The highest BCUT2D eigenvalue weighted by Crippen LogP contribution is 2.30. The van der Waals surface area contributed by atoms with Crippen LogP contribution in [0.4, 0.5) is 0 Å². The second kappa shape index (κ2) is 6.17. The maximum absolute atomic E-state index is 6.08. The third-order valence-electron chi connectivity index (χ3n) is 4.71. The average molecular weight is 375 g/mol. The van der Waals surface area contributed by atoms with E-state index < -0.39 is 0 Å². The van der Waals surface area contributed by atoms with Crippen molar-refractivity contribution in [3.63, 3.8) is 0 Å². The van der Waals surface area contributed by atoms with Crippen LogP contribution in [0.3, 0.4) is 0 Å². The van der Waals surface area contributed by atoms with Crippen molar-refractivity contribution < 1.29 is 0 Å². The van der Waals surface area contributed by atoms with E-state index in [4.69, 9.17) is 16.6 Å². The number of H-pyrrole nitrogens is 1. The fraction of sp³-hybridized carbons (Fsp3) is 0.100. The number of fused-ring (bicyclic) bond motifs is 3. The van der Waals surface area contributed by atoms with Crippen molar-refractivity contribution in [1.29, 1.82) is 0 Å². The molecular formula is C20H15ClN6. The minimum atomic E-state index is 0.467. The van der Waals surface area contributed by atoms with Crippen molar-refractivity contribution in [3.8, 4) is 16.8 Å². The zero-order valence-electron chi connectivity index (χ0n) is 14.5. The molecule has 2 aromatic heterocycles. The van der Waals surface area contributed by atoms with E-state index in [1.54, 1.807) is 0 Å². The summed E-state index contributed by atoms with van der Waals surface area (Å²) in [6, 6.07) is 14.1. The number of hydrogen-bond acceptors (Lipinski definition) is 4. The Bertz CT molecular complexity index is 1160. The van der Waals surface area contributed by atoms with Crippen LogP contribution in [0.5, 0.6) is 0 Å². The van der Waals surface area contributed by atoms with E-state index in [1.807, 2.05) is 43.6 Å². The van der Waals surface area contributed by atoms with Crippen molar-refractivity contribution in [2.24, 2.45) is 4.99 Å². The zero-order chi connectivity index (χ0) is 18.4. The van der Waals surface area contributed by atoms with E-state index >= 15 is 0 Å². The van der Waals surface area contributed by atoms with Crippen LogP contribution in [0.1, 0.15) is 22.8 Å². The molecule has 1 N–H and O–H groups in total. The molecule has 0 radical (unpaired) electrons. The van der Waals surface area contributed by atoms with E-state index in [1.165, 1.54) is 0 Å². The third-order valence-corrected chi connectivity index (χ3v) is 4.96. The molecule has 7 heteroatoms. The van der Waals surface area contributed by atoms with Crippen LogP contribution in [0, 0.1) is 6.92 Å². The summed E-state index contributed by atoms with van der Waals surface area (Å²) >= 11 is 6.08. The highest BCUT2D eigenvalue weighted by Gasteiger charge is 2.22. The third kappa shape index (κ3) is 2.65. The van der Waals surface area contributed by atoms with E-state index in [2.05, 4.69) is 43.2 Å². The summed E-state index contributed by atoms with van der Waals surface area (Å²) in [5.74, 6) is 1.67. The molecule has 0 atom stereocenters. The normalized spacial score (nSPS) is 12.9. The van der Waals surface area contributed by atoms with Crippen LogP contribution < -0.4 is 0 Å². The summed E-state index contributed by atoms with van der Waals surface area (Å²) in [6.07, 6.45) is 3.69. The van der Waals surface area contributed by atoms with Gasteiger partial charge in [-0.25, -0.2) is 0 Å². The Kier molecular flexibility index (Phi) is 3.65. The van der Waals surface area contributed by atoms with Gasteiger partial charge in [0.25, 0.3) is 0 Å². The Morgan fingerprint density at radius 3 is 2.59 bits per heavy atom. The molecule has 132 valence electrons. The van der Waals surface area contributed by atoms with Gasteiger partial charge >= 0.3 is 0 Å². The number of halogens is 1. The van der Waals surface area contributed by atoms with Crippen molar-refractivity contribution >= 4 is 17.3 Å². The molecule has 0 fully saturated rings. The molecule has 3 heterocycles. The molecule has 4 aromatic rings. The second-order valence-corrected chi connectivity index (χ2v) is 6.83. The van der Waals surface area contributed by atoms with Crippen molar-refractivity contribution in [2.75, 3.05) is 0 Å². The van der Waals surface area contributed by atoms with Crippen LogP contribution >= 0.6 is 11.6 Å². The van der Waals surface area contributed by atoms with Gasteiger partial charge in [0.2, 0.25) is 0 Å². The highest BCUT2D eigenvalue weighted by molar-refractivity contribution is 6.30. The second-order valence-electron chi connectivity index (χ2n) is 6.39. The Labute approximate surface area is 160 Å². The van der Waals surface area contributed by atoms with Crippen molar-refractivity contribution in [2.45, 2.75) is 13.5 Å². The fourth-order valence-corrected chi connectivity index (χ4v) is 3.55. The molecule has 1 aliphatic heterocycles. The van der Waals surface area contributed by atoms with Crippen LogP contribution in [-0.2, 0) is 6.54 Å².